The van der Waals surface area contributed by atoms with Gasteiger partial charge >= 0.3 is 0 Å². The first-order valence-corrected chi connectivity index (χ1v) is 10.4. The van der Waals surface area contributed by atoms with Crippen molar-refractivity contribution in [2.45, 2.75) is 13.8 Å². The molecular formula is C22H23ClN2O3S. The number of hydrogen-bond donors (Lipinski definition) is 0. The van der Waals surface area contributed by atoms with E-state index >= 15 is 0 Å². The van der Waals surface area contributed by atoms with Gasteiger partial charge in [-0.05, 0) is 65.7 Å². The Morgan fingerprint density at radius 1 is 1.10 bits per heavy atom. The number of thioether (sulfide) groups is 1. The van der Waals surface area contributed by atoms with Crippen LogP contribution in [0.3, 0.4) is 0 Å². The highest BCUT2D eigenvalue weighted by atomic mass is 35.5. The minimum absolute atomic E-state index is 0.0498. The normalized spacial score (nSPS) is 16.9. The van der Waals surface area contributed by atoms with Crippen molar-refractivity contribution in [2.24, 2.45) is 10.9 Å². The van der Waals surface area contributed by atoms with Crippen LogP contribution >= 0.6 is 23.4 Å². The average Bonchev–Trinajstić information content (AvgIpc) is 2.98. The molecule has 0 aromatic heterocycles. The first-order chi connectivity index (χ1) is 13.9. The topological polar surface area (TPSA) is 51.1 Å². The average molecular weight is 431 g/mol. The number of amidine groups is 1. The van der Waals surface area contributed by atoms with Gasteiger partial charge in [-0.25, -0.2) is 4.99 Å². The highest BCUT2D eigenvalue weighted by Crippen LogP contribution is 2.36. The summed E-state index contributed by atoms with van der Waals surface area (Å²) >= 11 is 7.33. The van der Waals surface area contributed by atoms with Gasteiger partial charge in [0.2, 0.25) is 0 Å². The first kappa shape index (κ1) is 21.3. The molecule has 5 nitrogen and oxygen atoms in total. The number of hydrogen-bond acceptors (Lipinski definition) is 5. The monoisotopic (exact) mass is 430 g/mol. The maximum atomic E-state index is 13.1. The van der Waals surface area contributed by atoms with Crippen LogP contribution in [0.4, 0.5) is 5.69 Å². The Hall–Kier alpha value is -2.44. The van der Waals surface area contributed by atoms with E-state index in [-0.39, 0.29) is 5.91 Å². The quantitative estimate of drug-likeness (QED) is 0.558. The lowest BCUT2D eigenvalue weighted by molar-refractivity contribution is -0.122. The molecule has 0 unspecified atom stereocenters. The zero-order chi connectivity index (χ0) is 21.0. The number of carbonyl (C=O) groups excluding carboxylic acids is 1. The third kappa shape index (κ3) is 5.14. The molecule has 1 amide bonds. The molecule has 0 radical (unpaired) electrons. The van der Waals surface area contributed by atoms with Crippen molar-refractivity contribution in [2.75, 3.05) is 20.8 Å². The molecule has 0 atom stereocenters. The van der Waals surface area contributed by atoms with Crippen molar-refractivity contribution >= 4 is 46.2 Å². The summed E-state index contributed by atoms with van der Waals surface area (Å²) < 4.78 is 10.6. The van der Waals surface area contributed by atoms with Gasteiger partial charge in [-0.1, -0.05) is 31.5 Å². The zero-order valence-corrected chi connectivity index (χ0v) is 18.4. The number of ether oxygens (including phenoxy) is 2. The molecule has 3 rings (SSSR count). The molecule has 29 heavy (non-hydrogen) atoms. The van der Waals surface area contributed by atoms with Gasteiger partial charge in [0, 0.05) is 11.6 Å². The van der Waals surface area contributed by atoms with Gasteiger partial charge in [0.15, 0.2) is 16.7 Å². The van der Waals surface area contributed by atoms with Gasteiger partial charge in [0.25, 0.3) is 5.91 Å². The molecule has 0 aliphatic carbocycles. The third-order valence-corrected chi connectivity index (χ3v) is 5.45. The number of benzene rings is 2. The lowest BCUT2D eigenvalue weighted by atomic mass is 10.1. The molecule has 7 heteroatoms. The second-order valence-electron chi connectivity index (χ2n) is 6.91. The van der Waals surface area contributed by atoms with Crippen LogP contribution in [0.25, 0.3) is 6.08 Å². The van der Waals surface area contributed by atoms with Crippen molar-refractivity contribution in [1.82, 2.24) is 4.90 Å². The molecule has 0 N–H and O–H groups in total. The zero-order valence-electron chi connectivity index (χ0n) is 16.8. The summed E-state index contributed by atoms with van der Waals surface area (Å²) in [7, 11) is 3.18. The molecule has 0 bridgehead atoms. The minimum atomic E-state index is -0.0498. The molecule has 0 spiro atoms. The van der Waals surface area contributed by atoms with E-state index in [1.54, 1.807) is 31.3 Å². The van der Waals surface area contributed by atoms with Crippen molar-refractivity contribution in [3.63, 3.8) is 0 Å². The maximum Gasteiger partial charge on any atom is 0.266 e. The van der Waals surface area contributed by atoms with Crippen molar-refractivity contribution in [3.05, 3.63) is 58.0 Å². The molecule has 1 heterocycles. The van der Waals surface area contributed by atoms with Crippen LogP contribution in [0, 0.1) is 5.92 Å². The number of amides is 1. The Morgan fingerprint density at radius 2 is 1.79 bits per heavy atom. The summed E-state index contributed by atoms with van der Waals surface area (Å²) in [6.07, 6.45) is 1.85. The molecule has 1 aliphatic heterocycles. The summed E-state index contributed by atoms with van der Waals surface area (Å²) in [5.74, 6) is 1.53. The van der Waals surface area contributed by atoms with Crippen LogP contribution < -0.4 is 9.47 Å². The molecule has 2 aromatic carbocycles. The van der Waals surface area contributed by atoms with E-state index in [9.17, 15) is 4.79 Å². The summed E-state index contributed by atoms with van der Waals surface area (Å²) in [5, 5.41) is 1.31. The summed E-state index contributed by atoms with van der Waals surface area (Å²) in [5.41, 5.74) is 1.61. The highest BCUT2D eigenvalue weighted by Gasteiger charge is 2.33. The van der Waals surface area contributed by atoms with Gasteiger partial charge < -0.3 is 9.47 Å². The number of aliphatic imine (C=N–C) groups is 1. The summed E-state index contributed by atoms with van der Waals surface area (Å²) in [4.78, 5) is 20.1. The number of rotatable bonds is 6. The van der Waals surface area contributed by atoms with Crippen molar-refractivity contribution < 1.29 is 14.3 Å². The van der Waals surface area contributed by atoms with E-state index in [0.717, 1.165) is 11.3 Å². The largest absolute Gasteiger partial charge is 0.493 e. The van der Waals surface area contributed by atoms with E-state index in [0.29, 0.717) is 39.1 Å². The van der Waals surface area contributed by atoms with Gasteiger partial charge in [0.05, 0.1) is 24.8 Å². The van der Waals surface area contributed by atoms with Crippen LogP contribution in [0.1, 0.15) is 19.4 Å². The Morgan fingerprint density at radius 3 is 2.41 bits per heavy atom. The fraction of sp³-hybridized carbons (Fsp3) is 0.273. The maximum absolute atomic E-state index is 13.1. The Kier molecular flexibility index (Phi) is 6.87. The highest BCUT2D eigenvalue weighted by molar-refractivity contribution is 8.18. The van der Waals surface area contributed by atoms with E-state index in [1.165, 1.54) is 11.8 Å². The number of halogens is 1. The van der Waals surface area contributed by atoms with Crippen molar-refractivity contribution in [1.29, 1.82) is 0 Å². The lowest BCUT2D eigenvalue weighted by Crippen LogP contribution is -2.32. The van der Waals surface area contributed by atoms with Gasteiger partial charge in [-0.2, -0.15) is 0 Å². The van der Waals surface area contributed by atoms with Gasteiger partial charge in [-0.15, -0.1) is 0 Å². The third-order valence-electron chi connectivity index (χ3n) is 4.19. The minimum Gasteiger partial charge on any atom is -0.493 e. The van der Waals surface area contributed by atoms with Crippen LogP contribution in [0.15, 0.2) is 52.4 Å². The molecule has 152 valence electrons. The van der Waals surface area contributed by atoms with E-state index in [2.05, 4.69) is 18.8 Å². The smallest absolute Gasteiger partial charge is 0.266 e. The van der Waals surface area contributed by atoms with Crippen LogP contribution in [-0.2, 0) is 4.79 Å². The standard InChI is InChI=1S/C22H23ClN2O3S/c1-14(2)13-25-21(26)20(12-15-5-10-18(27-3)19(11-15)28-4)29-22(25)24-17-8-6-16(23)7-9-17/h5-12,14H,13H2,1-4H3/b20-12-,24-22?. The molecule has 1 fully saturated rings. The fourth-order valence-corrected chi connectivity index (χ4v) is 3.97. The molecule has 0 saturated carbocycles. The SMILES string of the molecule is COc1ccc(/C=C2\SC(=Nc3ccc(Cl)cc3)N(CC(C)C)C2=O)cc1OC. The van der Waals surface area contributed by atoms with Crippen LogP contribution in [-0.4, -0.2) is 36.7 Å². The Labute approximate surface area is 180 Å². The van der Waals surface area contributed by atoms with Crippen LogP contribution in [0.2, 0.25) is 5.02 Å². The number of carbonyl (C=O) groups is 1. The Balaban J connectivity index is 1.95. The molecule has 2 aromatic rings. The fourth-order valence-electron chi connectivity index (χ4n) is 2.84. The molecule has 1 saturated heterocycles. The Bertz CT molecular complexity index is 955. The molecule has 1 aliphatic rings. The second-order valence-corrected chi connectivity index (χ2v) is 8.35. The molecular weight excluding hydrogens is 408 g/mol. The van der Waals surface area contributed by atoms with E-state index in [4.69, 9.17) is 21.1 Å². The second kappa shape index (κ2) is 9.37. The first-order valence-electron chi connectivity index (χ1n) is 9.19. The van der Waals surface area contributed by atoms with E-state index in [1.807, 2.05) is 36.4 Å². The summed E-state index contributed by atoms with van der Waals surface area (Å²) in [6.45, 7) is 4.75. The van der Waals surface area contributed by atoms with Crippen LogP contribution in [0.5, 0.6) is 11.5 Å². The van der Waals surface area contributed by atoms with E-state index < -0.39 is 0 Å². The predicted molar refractivity (Wildman–Crippen MR) is 120 cm³/mol. The number of methoxy groups -OCH3 is 2. The lowest BCUT2D eigenvalue weighted by Gasteiger charge is -2.17. The van der Waals surface area contributed by atoms with Gasteiger partial charge in [0.1, 0.15) is 0 Å². The summed E-state index contributed by atoms with van der Waals surface area (Å²) in [6, 6.07) is 12.8. The number of nitrogens with zero attached hydrogens (tertiary/aromatic N) is 2. The van der Waals surface area contributed by atoms with Gasteiger partial charge in [-0.3, -0.25) is 9.69 Å². The predicted octanol–water partition coefficient (Wildman–Crippen LogP) is 5.62. The van der Waals surface area contributed by atoms with Crippen molar-refractivity contribution in [3.8, 4) is 11.5 Å².